The van der Waals surface area contributed by atoms with Crippen LogP contribution < -0.4 is 10.1 Å². The number of hydrogen-bond donors (Lipinski definition) is 2. The van der Waals surface area contributed by atoms with Gasteiger partial charge in [0.05, 0.1) is 10.7 Å². The molecule has 7 heteroatoms. The normalized spacial score (nSPS) is 10.8. The Morgan fingerprint density at radius 3 is 2.95 bits per heavy atom. The minimum atomic E-state index is 0.472. The molecule has 0 fully saturated rings. The summed E-state index contributed by atoms with van der Waals surface area (Å²) < 4.78 is 6.77. The number of ether oxygens (including phenoxy) is 1. The number of anilines is 1. The number of rotatable bonds is 5. The van der Waals surface area contributed by atoms with Crippen molar-refractivity contribution in [2.45, 2.75) is 13.3 Å². The molecule has 0 aliphatic rings. The van der Waals surface area contributed by atoms with Gasteiger partial charge in [0.25, 0.3) is 0 Å². The number of nitrogens with one attached hydrogen (secondary N) is 2. The van der Waals surface area contributed by atoms with Crippen molar-refractivity contribution < 1.29 is 4.74 Å². The number of hydrogen-bond acceptors (Lipinski definition) is 5. The Morgan fingerprint density at radius 1 is 1.29 bits per heavy atom. The average Bonchev–Trinajstić information content (AvgIpc) is 2.96. The van der Waals surface area contributed by atoms with Crippen LogP contribution in [0.3, 0.4) is 0 Å². The number of fused-ring (bicyclic) bond motifs is 1. The highest BCUT2D eigenvalue weighted by Crippen LogP contribution is 2.32. The first-order valence-electron chi connectivity index (χ1n) is 6.65. The number of aromatic nitrogens is 4. The van der Waals surface area contributed by atoms with Gasteiger partial charge < -0.3 is 10.1 Å². The molecule has 6 nitrogen and oxygen atoms in total. The predicted octanol–water partition coefficient (Wildman–Crippen LogP) is 3.73. The zero-order chi connectivity index (χ0) is 14.7. The number of para-hydroxylation sites is 1. The standard InChI is InChI=1S/C14H14BrN5O/c1-2-7-16-14-18-12-9(8-17-20-12)13(19-14)21-11-6-4-3-5-10(11)15/h3-6,8H,2,7H2,1H3,(H2,16,17,18,19,20). The SMILES string of the molecule is CCCNc1nc(Oc2ccccc2Br)c2cn[nH]c2n1. The summed E-state index contributed by atoms with van der Waals surface area (Å²) in [7, 11) is 0. The van der Waals surface area contributed by atoms with Crippen molar-refractivity contribution in [1.82, 2.24) is 20.2 Å². The monoisotopic (exact) mass is 347 g/mol. The minimum Gasteiger partial charge on any atom is -0.437 e. The Balaban J connectivity index is 2.00. The molecule has 0 bridgehead atoms. The summed E-state index contributed by atoms with van der Waals surface area (Å²) in [5, 5.41) is 10.7. The van der Waals surface area contributed by atoms with E-state index in [4.69, 9.17) is 4.74 Å². The average molecular weight is 348 g/mol. The van der Waals surface area contributed by atoms with Crippen molar-refractivity contribution in [2.24, 2.45) is 0 Å². The first kappa shape index (κ1) is 13.8. The van der Waals surface area contributed by atoms with Crippen molar-refractivity contribution in [3.63, 3.8) is 0 Å². The van der Waals surface area contributed by atoms with Crippen molar-refractivity contribution >= 4 is 32.9 Å². The van der Waals surface area contributed by atoms with Crippen molar-refractivity contribution in [1.29, 1.82) is 0 Å². The number of H-pyrrole nitrogens is 1. The molecule has 3 rings (SSSR count). The van der Waals surface area contributed by atoms with Gasteiger partial charge in [-0.05, 0) is 34.5 Å². The second kappa shape index (κ2) is 6.09. The van der Waals surface area contributed by atoms with E-state index in [0.29, 0.717) is 23.2 Å². The maximum atomic E-state index is 5.90. The predicted molar refractivity (Wildman–Crippen MR) is 84.7 cm³/mol. The molecule has 0 saturated carbocycles. The third-order valence-corrected chi connectivity index (χ3v) is 3.51. The van der Waals surface area contributed by atoms with Crippen molar-refractivity contribution in [3.8, 4) is 11.6 Å². The van der Waals surface area contributed by atoms with Gasteiger partial charge in [-0.2, -0.15) is 15.1 Å². The molecule has 21 heavy (non-hydrogen) atoms. The first-order valence-corrected chi connectivity index (χ1v) is 7.44. The largest absolute Gasteiger partial charge is 0.437 e. The molecular weight excluding hydrogens is 334 g/mol. The van der Waals surface area contributed by atoms with Gasteiger partial charge >= 0.3 is 0 Å². The van der Waals surface area contributed by atoms with E-state index in [1.54, 1.807) is 6.20 Å². The van der Waals surface area contributed by atoms with Crippen molar-refractivity contribution in [2.75, 3.05) is 11.9 Å². The summed E-state index contributed by atoms with van der Waals surface area (Å²) in [4.78, 5) is 8.79. The molecule has 0 unspecified atom stereocenters. The van der Waals surface area contributed by atoms with Gasteiger partial charge in [0.15, 0.2) is 5.65 Å². The third kappa shape index (κ3) is 2.97. The lowest BCUT2D eigenvalue weighted by Gasteiger charge is -2.09. The van der Waals surface area contributed by atoms with E-state index in [9.17, 15) is 0 Å². The van der Waals surface area contributed by atoms with Crippen LogP contribution in [0.2, 0.25) is 0 Å². The molecule has 2 heterocycles. The Bertz CT molecular complexity index is 758. The molecule has 0 spiro atoms. The maximum absolute atomic E-state index is 5.90. The Morgan fingerprint density at radius 2 is 2.14 bits per heavy atom. The Hall–Kier alpha value is -2.15. The number of benzene rings is 1. The lowest BCUT2D eigenvalue weighted by atomic mass is 10.3. The summed E-state index contributed by atoms with van der Waals surface area (Å²) in [6.45, 7) is 2.88. The van der Waals surface area contributed by atoms with Crippen LogP contribution in [0.25, 0.3) is 11.0 Å². The van der Waals surface area contributed by atoms with Crippen LogP contribution in [0.4, 0.5) is 5.95 Å². The van der Waals surface area contributed by atoms with E-state index in [0.717, 1.165) is 22.8 Å². The second-order valence-corrected chi connectivity index (χ2v) is 5.30. The summed E-state index contributed by atoms with van der Waals surface area (Å²) in [6.07, 6.45) is 2.65. The topological polar surface area (TPSA) is 75.7 Å². The summed E-state index contributed by atoms with van der Waals surface area (Å²) >= 11 is 3.46. The molecule has 0 atom stereocenters. The van der Waals surface area contributed by atoms with Gasteiger partial charge in [-0.3, -0.25) is 5.10 Å². The van der Waals surface area contributed by atoms with E-state index in [-0.39, 0.29) is 0 Å². The second-order valence-electron chi connectivity index (χ2n) is 4.44. The number of nitrogens with zero attached hydrogens (tertiary/aromatic N) is 3. The van der Waals surface area contributed by atoms with Gasteiger partial charge in [-0.25, -0.2) is 0 Å². The summed E-state index contributed by atoms with van der Waals surface area (Å²) in [5.74, 6) is 1.69. The zero-order valence-corrected chi connectivity index (χ0v) is 13.0. The van der Waals surface area contributed by atoms with E-state index in [1.165, 1.54) is 0 Å². The summed E-state index contributed by atoms with van der Waals surface area (Å²) in [5.41, 5.74) is 0.644. The quantitative estimate of drug-likeness (QED) is 0.735. The molecule has 2 aromatic heterocycles. The fourth-order valence-corrected chi connectivity index (χ4v) is 2.20. The highest BCUT2D eigenvalue weighted by atomic mass is 79.9. The van der Waals surface area contributed by atoms with Crippen LogP contribution in [0, 0.1) is 0 Å². The number of halogens is 1. The zero-order valence-electron chi connectivity index (χ0n) is 11.4. The van der Waals surface area contributed by atoms with Crippen LogP contribution in [0.1, 0.15) is 13.3 Å². The molecule has 0 aliphatic carbocycles. The van der Waals surface area contributed by atoms with Gasteiger partial charge in [0.2, 0.25) is 11.8 Å². The smallest absolute Gasteiger partial charge is 0.235 e. The first-order chi connectivity index (χ1) is 10.3. The Kier molecular flexibility index (Phi) is 4.01. The van der Waals surface area contributed by atoms with Crippen LogP contribution in [-0.4, -0.2) is 26.7 Å². The molecule has 3 aromatic rings. The molecule has 0 aliphatic heterocycles. The van der Waals surface area contributed by atoms with E-state index < -0.39 is 0 Å². The molecular formula is C14H14BrN5O. The highest BCUT2D eigenvalue weighted by molar-refractivity contribution is 9.10. The molecule has 0 saturated heterocycles. The van der Waals surface area contributed by atoms with Gasteiger partial charge in [0.1, 0.15) is 11.1 Å². The van der Waals surface area contributed by atoms with Crippen molar-refractivity contribution in [3.05, 3.63) is 34.9 Å². The van der Waals surface area contributed by atoms with Crippen LogP contribution >= 0.6 is 15.9 Å². The van der Waals surface area contributed by atoms with Gasteiger partial charge in [0, 0.05) is 6.54 Å². The van der Waals surface area contributed by atoms with Crippen LogP contribution in [-0.2, 0) is 0 Å². The third-order valence-electron chi connectivity index (χ3n) is 2.85. The lowest BCUT2D eigenvalue weighted by Crippen LogP contribution is -2.05. The lowest BCUT2D eigenvalue weighted by molar-refractivity contribution is 0.466. The van der Waals surface area contributed by atoms with Crippen LogP contribution in [0.15, 0.2) is 34.9 Å². The van der Waals surface area contributed by atoms with Gasteiger partial charge in [-0.1, -0.05) is 19.1 Å². The summed E-state index contributed by atoms with van der Waals surface area (Å²) in [6, 6.07) is 7.62. The molecule has 2 N–H and O–H groups in total. The van der Waals surface area contributed by atoms with Gasteiger partial charge in [-0.15, -0.1) is 0 Å². The maximum Gasteiger partial charge on any atom is 0.235 e. The minimum absolute atomic E-state index is 0.472. The fourth-order valence-electron chi connectivity index (χ4n) is 1.83. The van der Waals surface area contributed by atoms with E-state index in [1.807, 2.05) is 24.3 Å². The number of aromatic amines is 1. The molecule has 1 aromatic carbocycles. The van der Waals surface area contributed by atoms with Crippen LogP contribution in [0.5, 0.6) is 11.6 Å². The molecule has 0 amide bonds. The Labute approximate surface area is 130 Å². The van der Waals surface area contributed by atoms with E-state index in [2.05, 4.69) is 48.3 Å². The molecule has 108 valence electrons. The molecule has 0 radical (unpaired) electrons. The van der Waals surface area contributed by atoms with E-state index >= 15 is 0 Å². The highest BCUT2D eigenvalue weighted by Gasteiger charge is 2.12. The fraction of sp³-hybridized carbons (Fsp3) is 0.214.